The summed E-state index contributed by atoms with van der Waals surface area (Å²) in [5.74, 6) is -0.302. The van der Waals surface area contributed by atoms with Crippen LogP contribution in [0.1, 0.15) is 34.8 Å². The molecule has 1 aromatic heterocycles. The molecule has 1 aliphatic heterocycles. The van der Waals surface area contributed by atoms with E-state index in [0.29, 0.717) is 15.7 Å². The summed E-state index contributed by atoms with van der Waals surface area (Å²) in [7, 11) is 2.04. The standard InChI is InChI=1S/C18H21N5OS/c1-11-15(25-17(19)21-11)16(24)22-20-10-9-14-18(2,3)12-7-5-6-8-13(12)23(14)4/h5-10H,1-4H3,(H2,19,21)(H,22,24). The molecule has 3 N–H and O–H groups in total. The van der Waals surface area contributed by atoms with E-state index < -0.39 is 0 Å². The average Bonchev–Trinajstić information content (AvgIpc) is 3.00. The van der Waals surface area contributed by atoms with Crippen molar-refractivity contribution in [3.8, 4) is 0 Å². The number of rotatable bonds is 3. The maximum atomic E-state index is 12.1. The second-order valence-electron chi connectivity index (χ2n) is 6.44. The highest BCUT2D eigenvalue weighted by Gasteiger charge is 2.37. The smallest absolute Gasteiger partial charge is 0.283 e. The van der Waals surface area contributed by atoms with Crippen LogP contribution in [-0.2, 0) is 5.41 Å². The molecule has 6 nitrogen and oxygen atoms in total. The van der Waals surface area contributed by atoms with Gasteiger partial charge in [-0.1, -0.05) is 43.4 Å². The molecule has 0 saturated carbocycles. The van der Waals surface area contributed by atoms with Gasteiger partial charge in [-0.2, -0.15) is 5.10 Å². The first-order valence-corrected chi connectivity index (χ1v) is 8.74. The topological polar surface area (TPSA) is 83.6 Å². The molecule has 1 amide bonds. The fourth-order valence-corrected chi connectivity index (χ4v) is 3.91. The number of aromatic nitrogens is 1. The lowest BCUT2D eigenvalue weighted by Crippen LogP contribution is -2.23. The number of nitrogens with two attached hydrogens (primary N) is 1. The van der Waals surface area contributed by atoms with Crippen molar-refractivity contribution in [2.75, 3.05) is 17.7 Å². The van der Waals surface area contributed by atoms with E-state index in [2.05, 4.69) is 52.5 Å². The molecule has 1 aliphatic rings. The molecule has 0 spiro atoms. The highest BCUT2D eigenvalue weighted by molar-refractivity contribution is 7.17. The molecule has 0 bridgehead atoms. The van der Waals surface area contributed by atoms with Crippen LogP contribution in [0.4, 0.5) is 10.8 Å². The van der Waals surface area contributed by atoms with Crippen LogP contribution in [0, 0.1) is 6.92 Å². The molecular formula is C18H21N5OS. The predicted molar refractivity (Wildman–Crippen MR) is 103 cm³/mol. The lowest BCUT2D eigenvalue weighted by molar-refractivity contribution is 0.0958. The molecule has 2 aromatic rings. The van der Waals surface area contributed by atoms with Gasteiger partial charge in [-0.15, -0.1) is 0 Å². The van der Waals surface area contributed by atoms with Crippen LogP contribution < -0.4 is 16.1 Å². The number of thiazole rings is 1. The quantitative estimate of drug-likeness (QED) is 0.655. The van der Waals surface area contributed by atoms with E-state index >= 15 is 0 Å². The van der Waals surface area contributed by atoms with E-state index in [9.17, 15) is 4.79 Å². The Morgan fingerprint density at radius 3 is 2.76 bits per heavy atom. The van der Waals surface area contributed by atoms with Crippen LogP contribution in [0.5, 0.6) is 0 Å². The lowest BCUT2D eigenvalue weighted by Gasteiger charge is -2.23. The number of nitrogens with zero attached hydrogens (tertiary/aromatic N) is 3. The van der Waals surface area contributed by atoms with Gasteiger partial charge in [0.2, 0.25) is 0 Å². The molecule has 3 rings (SSSR count). The second-order valence-corrected chi connectivity index (χ2v) is 7.47. The van der Waals surface area contributed by atoms with Crippen LogP contribution in [0.2, 0.25) is 0 Å². The molecular weight excluding hydrogens is 334 g/mol. The van der Waals surface area contributed by atoms with Crippen LogP contribution in [-0.4, -0.2) is 24.2 Å². The Bertz CT molecular complexity index is 881. The molecule has 25 heavy (non-hydrogen) atoms. The summed E-state index contributed by atoms with van der Waals surface area (Å²) in [6, 6.07) is 8.33. The fourth-order valence-electron chi connectivity index (χ4n) is 3.18. The molecule has 130 valence electrons. The number of allylic oxidation sites excluding steroid dienone is 2. The Morgan fingerprint density at radius 2 is 2.12 bits per heavy atom. The first kappa shape index (κ1) is 17.2. The number of hydrazone groups is 1. The second kappa shape index (κ2) is 6.33. The number of hydrogen-bond donors (Lipinski definition) is 2. The molecule has 0 unspecified atom stereocenters. The van der Waals surface area contributed by atoms with Crippen LogP contribution in [0.3, 0.4) is 0 Å². The molecule has 0 atom stereocenters. The SMILES string of the molecule is Cc1nc(N)sc1C(=O)NN=CC=C1N(C)c2ccccc2C1(C)C. The van der Waals surface area contributed by atoms with Crippen LogP contribution in [0.25, 0.3) is 0 Å². The summed E-state index contributed by atoms with van der Waals surface area (Å²) in [5, 5.41) is 4.41. The molecule has 0 fully saturated rings. The molecule has 2 heterocycles. The van der Waals surface area contributed by atoms with E-state index in [1.807, 2.05) is 19.2 Å². The Balaban J connectivity index is 1.75. The average molecular weight is 355 g/mol. The Kier molecular flexibility index (Phi) is 4.34. The van der Waals surface area contributed by atoms with Gasteiger partial charge in [0.25, 0.3) is 5.91 Å². The number of aryl methyl sites for hydroxylation is 1. The van der Waals surface area contributed by atoms with Crippen molar-refractivity contribution in [2.45, 2.75) is 26.2 Å². The summed E-state index contributed by atoms with van der Waals surface area (Å²) >= 11 is 1.15. The van der Waals surface area contributed by atoms with E-state index in [1.54, 1.807) is 13.1 Å². The van der Waals surface area contributed by atoms with Gasteiger partial charge in [-0.3, -0.25) is 4.79 Å². The number of nitrogens with one attached hydrogen (secondary N) is 1. The van der Waals surface area contributed by atoms with Gasteiger partial charge < -0.3 is 10.6 Å². The molecule has 7 heteroatoms. The number of amides is 1. The Labute approximate surface area is 151 Å². The number of carbonyl (C=O) groups is 1. The fraction of sp³-hybridized carbons (Fsp3) is 0.278. The third-order valence-electron chi connectivity index (χ3n) is 4.43. The molecule has 0 saturated heterocycles. The van der Waals surface area contributed by atoms with Gasteiger partial charge in [0, 0.05) is 30.1 Å². The summed E-state index contributed by atoms with van der Waals surface area (Å²) < 4.78 is 0. The third-order valence-corrected chi connectivity index (χ3v) is 5.42. The normalized spacial score (nSPS) is 17.3. The number of anilines is 2. The maximum Gasteiger partial charge on any atom is 0.283 e. The first-order chi connectivity index (χ1) is 11.8. The summed E-state index contributed by atoms with van der Waals surface area (Å²) in [5.41, 5.74) is 12.2. The highest BCUT2D eigenvalue weighted by Crippen LogP contribution is 2.46. The minimum Gasteiger partial charge on any atom is -0.375 e. The zero-order valence-corrected chi connectivity index (χ0v) is 15.5. The monoisotopic (exact) mass is 355 g/mol. The van der Waals surface area contributed by atoms with Gasteiger partial charge in [-0.05, 0) is 24.6 Å². The number of hydrogen-bond acceptors (Lipinski definition) is 6. The Hall–Kier alpha value is -2.67. The zero-order valence-electron chi connectivity index (χ0n) is 14.7. The van der Waals surface area contributed by atoms with E-state index in [4.69, 9.17) is 5.73 Å². The van der Waals surface area contributed by atoms with Crippen molar-refractivity contribution in [3.63, 3.8) is 0 Å². The predicted octanol–water partition coefficient (Wildman–Crippen LogP) is 3.06. The number of benzene rings is 1. The van der Waals surface area contributed by atoms with Crippen molar-refractivity contribution in [1.29, 1.82) is 0 Å². The summed E-state index contributed by atoms with van der Waals surface area (Å²) in [6.45, 7) is 6.11. The van der Waals surface area contributed by atoms with Gasteiger partial charge in [0.05, 0.1) is 5.69 Å². The molecule has 0 radical (unpaired) electrons. The number of likely N-dealkylation sites (N-methyl/N-ethyl adjacent to an activating group) is 1. The van der Waals surface area contributed by atoms with Crippen molar-refractivity contribution in [3.05, 3.63) is 52.2 Å². The number of nitrogen functional groups attached to an aromatic ring is 1. The minimum absolute atomic E-state index is 0.121. The summed E-state index contributed by atoms with van der Waals surface area (Å²) in [4.78, 5) is 18.8. The highest BCUT2D eigenvalue weighted by atomic mass is 32.1. The van der Waals surface area contributed by atoms with Gasteiger partial charge in [0.1, 0.15) is 4.88 Å². The number of para-hydroxylation sites is 1. The van der Waals surface area contributed by atoms with Crippen LogP contribution in [0.15, 0.2) is 41.1 Å². The number of carbonyl (C=O) groups excluding carboxylic acids is 1. The maximum absolute atomic E-state index is 12.1. The minimum atomic E-state index is -0.302. The van der Waals surface area contributed by atoms with Gasteiger partial charge in [0.15, 0.2) is 5.13 Å². The van der Waals surface area contributed by atoms with Crippen molar-refractivity contribution in [2.24, 2.45) is 5.10 Å². The first-order valence-electron chi connectivity index (χ1n) is 7.92. The van der Waals surface area contributed by atoms with E-state index in [1.165, 1.54) is 11.3 Å². The van der Waals surface area contributed by atoms with Crippen molar-refractivity contribution < 1.29 is 4.79 Å². The molecule has 0 aliphatic carbocycles. The zero-order chi connectivity index (χ0) is 18.2. The molecule has 1 aromatic carbocycles. The van der Waals surface area contributed by atoms with E-state index in [0.717, 1.165) is 17.0 Å². The lowest BCUT2D eigenvalue weighted by atomic mass is 9.84. The van der Waals surface area contributed by atoms with Gasteiger partial charge >= 0.3 is 0 Å². The van der Waals surface area contributed by atoms with Gasteiger partial charge in [-0.25, -0.2) is 10.4 Å². The summed E-state index contributed by atoms with van der Waals surface area (Å²) in [6.07, 6.45) is 3.53. The Morgan fingerprint density at radius 1 is 1.40 bits per heavy atom. The largest absolute Gasteiger partial charge is 0.375 e. The van der Waals surface area contributed by atoms with E-state index in [-0.39, 0.29) is 11.3 Å². The van der Waals surface area contributed by atoms with Crippen LogP contribution >= 0.6 is 11.3 Å². The van der Waals surface area contributed by atoms with Crippen molar-refractivity contribution >= 4 is 34.3 Å². The number of fused-ring (bicyclic) bond motifs is 1. The van der Waals surface area contributed by atoms with Crippen molar-refractivity contribution in [1.82, 2.24) is 10.4 Å². The third kappa shape index (κ3) is 3.02.